The lowest BCUT2D eigenvalue weighted by atomic mass is 10.2. The molecule has 0 radical (unpaired) electrons. The third kappa shape index (κ3) is 3.65. The maximum absolute atomic E-state index is 12.3. The summed E-state index contributed by atoms with van der Waals surface area (Å²) in [6.45, 7) is 1.07. The van der Waals surface area contributed by atoms with Gasteiger partial charge in [0.05, 0.1) is 5.02 Å². The van der Waals surface area contributed by atoms with Crippen LogP contribution >= 0.6 is 11.6 Å². The van der Waals surface area contributed by atoms with E-state index >= 15 is 0 Å². The molecule has 0 aliphatic rings. The maximum Gasteiger partial charge on any atom is 0.574 e. The number of rotatable bonds is 1. The molecule has 9 heteroatoms. The standard InChI is InChI=1S/C8H4ClF6NO/c1-3-4(9)2-5(7(10,11)12)16-6(3)17-8(13,14)15/h2H,1H3. The number of aromatic nitrogens is 1. The molecule has 1 aromatic heterocycles. The van der Waals surface area contributed by atoms with Gasteiger partial charge in [0.25, 0.3) is 0 Å². The first kappa shape index (κ1) is 13.9. The first-order valence-corrected chi connectivity index (χ1v) is 4.38. The molecule has 0 aliphatic carbocycles. The largest absolute Gasteiger partial charge is 0.574 e. The van der Waals surface area contributed by atoms with Gasteiger partial charge in [-0.3, -0.25) is 0 Å². The Hall–Kier alpha value is -1.18. The lowest BCUT2D eigenvalue weighted by Crippen LogP contribution is -2.20. The highest BCUT2D eigenvalue weighted by Crippen LogP contribution is 2.35. The summed E-state index contributed by atoms with van der Waals surface area (Å²) in [6, 6.07) is 0.431. The molecule has 1 heterocycles. The second kappa shape index (κ2) is 4.25. The van der Waals surface area contributed by atoms with Crippen LogP contribution in [0.15, 0.2) is 6.07 Å². The predicted octanol–water partition coefficient (Wildman–Crippen LogP) is 3.96. The van der Waals surface area contributed by atoms with E-state index in [0.717, 1.165) is 6.92 Å². The van der Waals surface area contributed by atoms with Gasteiger partial charge in [0.2, 0.25) is 5.88 Å². The van der Waals surface area contributed by atoms with Crippen molar-refractivity contribution in [2.24, 2.45) is 0 Å². The molecular formula is C8H4ClF6NO. The van der Waals surface area contributed by atoms with Gasteiger partial charge in [0.15, 0.2) is 0 Å². The third-order valence-corrected chi connectivity index (χ3v) is 2.06. The molecule has 0 fully saturated rings. The quantitative estimate of drug-likeness (QED) is 0.726. The molecule has 0 amide bonds. The zero-order chi connectivity index (χ0) is 13.4. The molecule has 0 saturated carbocycles. The normalized spacial score (nSPS) is 12.7. The van der Waals surface area contributed by atoms with Crippen molar-refractivity contribution in [3.63, 3.8) is 0 Å². The van der Waals surface area contributed by atoms with E-state index in [1.54, 1.807) is 0 Å². The van der Waals surface area contributed by atoms with Crippen LogP contribution in [0.1, 0.15) is 11.3 Å². The van der Waals surface area contributed by atoms with E-state index in [-0.39, 0.29) is 5.56 Å². The highest BCUT2D eigenvalue weighted by molar-refractivity contribution is 6.31. The van der Waals surface area contributed by atoms with Gasteiger partial charge in [-0.2, -0.15) is 13.2 Å². The molecule has 1 rings (SSSR count). The number of hydrogen-bond acceptors (Lipinski definition) is 2. The summed E-state index contributed by atoms with van der Waals surface area (Å²) in [5, 5.41) is -0.508. The molecule has 0 N–H and O–H groups in total. The van der Waals surface area contributed by atoms with E-state index in [1.807, 2.05) is 0 Å². The summed E-state index contributed by atoms with van der Waals surface area (Å²) in [5.41, 5.74) is -1.87. The summed E-state index contributed by atoms with van der Waals surface area (Å²) < 4.78 is 75.8. The van der Waals surface area contributed by atoms with Gasteiger partial charge >= 0.3 is 12.5 Å². The van der Waals surface area contributed by atoms with Crippen molar-refractivity contribution in [1.82, 2.24) is 4.98 Å². The minimum atomic E-state index is -5.13. The lowest BCUT2D eigenvalue weighted by molar-refractivity contribution is -0.276. The van der Waals surface area contributed by atoms with Crippen LogP contribution in [0.5, 0.6) is 5.88 Å². The Labute approximate surface area is 96.2 Å². The van der Waals surface area contributed by atoms with Crippen LogP contribution in [-0.2, 0) is 6.18 Å². The minimum absolute atomic E-state index is 0.322. The molecule has 0 atom stereocenters. The highest BCUT2D eigenvalue weighted by atomic mass is 35.5. The zero-order valence-corrected chi connectivity index (χ0v) is 8.83. The molecule has 2 nitrogen and oxygen atoms in total. The minimum Gasteiger partial charge on any atom is -0.388 e. The highest BCUT2D eigenvalue weighted by Gasteiger charge is 2.37. The smallest absolute Gasteiger partial charge is 0.388 e. The fourth-order valence-corrected chi connectivity index (χ4v) is 1.09. The van der Waals surface area contributed by atoms with Crippen molar-refractivity contribution in [3.8, 4) is 5.88 Å². The number of nitrogens with zero attached hydrogens (tertiary/aromatic N) is 1. The molecular weight excluding hydrogens is 276 g/mol. The van der Waals surface area contributed by atoms with Crippen LogP contribution in [0.4, 0.5) is 26.3 Å². The van der Waals surface area contributed by atoms with Gasteiger partial charge in [-0.1, -0.05) is 11.6 Å². The van der Waals surface area contributed by atoms with Gasteiger partial charge in [-0.05, 0) is 13.0 Å². The number of ether oxygens (including phenoxy) is 1. The molecule has 0 aliphatic heterocycles. The lowest BCUT2D eigenvalue weighted by Gasteiger charge is -2.14. The molecule has 1 aromatic rings. The van der Waals surface area contributed by atoms with Crippen molar-refractivity contribution in [3.05, 3.63) is 22.3 Å². The number of halogens is 7. The van der Waals surface area contributed by atoms with Gasteiger partial charge in [-0.15, -0.1) is 13.2 Å². The monoisotopic (exact) mass is 279 g/mol. The van der Waals surface area contributed by atoms with Crippen molar-refractivity contribution >= 4 is 11.6 Å². The van der Waals surface area contributed by atoms with E-state index in [2.05, 4.69) is 9.72 Å². The first-order chi connectivity index (χ1) is 7.50. The van der Waals surface area contributed by atoms with Crippen molar-refractivity contribution in [2.45, 2.75) is 19.5 Å². The maximum atomic E-state index is 12.3. The summed E-state index contributed by atoms with van der Waals surface area (Å²) in [5.74, 6) is -1.21. The predicted molar refractivity (Wildman–Crippen MR) is 45.7 cm³/mol. The SMILES string of the molecule is Cc1c(Cl)cc(C(F)(F)F)nc1OC(F)(F)F. The fourth-order valence-electron chi connectivity index (χ4n) is 0.910. The molecule has 96 valence electrons. The number of pyridine rings is 1. The van der Waals surface area contributed by atoms with Crippen LogP contribution in [0.25, 0.3) is 0 Å². The summed E-state index contributed by atoms with van der Waals surface area (Å²) in [7, 11) is 0. The van der Waals surface area contributed by atoms with E-state index in [9.17, 15) is 26.3 Å². The van der Waals surface area contributed by atoms with E-state index < -0.39 is 29.1 Å². The number of hydrogen-bond donors (Lipinski definition) is 0. The van der Waals surface area contributed by atoms with Gasteiger partial charge in [0.1, 0.15) is 5.69 Å². The van der Waals surface area contributed by atoms with Crippen LogP contribution in [0.2, 0.25) is 5.02 Å². The molecule has 0 spiro atoms. The Morgan fingerprint density at radius 3 is 2.12 bits per heavy atom. The van der Waals surface area contributed by atoms with Crippen molar-refractivity contribution < 1.29 is 31.1 Å². The fraction of sp³-hybridized carbons (Fsp3) is 0.375. The Kier molecular flexibility index (Phi) is 3.47. The van der Waals surface area contributed by atoms with E-state index in [0.29, 0.717) is 6.07 Å². The topological polar surface area (TPSA) is 22.1 Å². The van der Waals surface area contributed by atoms with Gasteiger partial charge in [-0.25, -0.2) is 4.98 Å². The van der Waals surface area contributed by atoms with Crippen LogP contribution in [0.3, 0.4) is 0 Å². The summed E-state index contributed by atoms with van der Waals surface area (Å²) in [6.07, 6.45) is -10.0. The second-order valence-corrected chi connectivity index (χ2v) is 3.37. The molecule has 0 saturated heterocycles. The summed E-state index contributed by atoms with van der Waals surface area (Å²) >= 11 is 5.37. The molecule has 17 heavy (non-hydrogen) atoms. The first-order valence-electron chi connectivity index (χ1n) is 4.01. The molecule has 0 unspecified atom stereocenters. The van der Waals surface area contributed by atoms with E-state index in [1.165, 1.54) is 0 Å². The average molecular weight is 280 g/mol. The van der Waals surface area contributed by atoms with Gasteiger partial charge in [0, 0.05) is 5.56 Å². The Morgan fingerprint density at radius 1 is 1.18 bits per heavy atom. The zero-order valence-electron chi connectivity index (χ0n) is 8.08. The Morgan fingerprint density at radius 2 is 1.71 bits per heavy atom. The number of alkyl halides is 6. The molecule has 0 bridgehead atoms. The third-order valence-electron chi connectivity index (χ3n) is 1.67. The van der Waals surface area contributed by atoms with Crippen LogP contribution in [0, 0.1) is 6.92 Å². The van der Waals surface area contributed by atoms with Crippen molar-refractivity contribution in [1.29, 1.82) is 0 Å². The van der Waals surface area contributed by atoms with Crippen LogP contribution < -0.4 is 4.74 Å². The van der Waals surface area contributed by atoms with Gasteiger partial charge < -0.3 is 4.74 Å². The molecule has 0 aromatic carbocycles. The van der Waals surface area contributed by atoms with E-state index in [4.69, 9.17) is 11.6 Å². The second-order valence-electron chi connectivity index (χ2n) is 2.97. The summed E-state index contributed by atoms with van der Waals surface area (Å²) in [4.78, 5) is 2.74. The van der Waals surface area contributed by atoms with Crippen LogP contribution in [-0.4, -0.2) is 11.3 Å². The van der Waals surface area contributed by atoms with Crippen molar-refractivity contribution in [2.75, 3.05) is 0 Å². The average Bonchev–Trinajstić information content (AvgIpc) is 2.08. The Bertz CT molecular complexity index is 427. The Balaban J connectivity index is 3.26.